The number of fused-ring (bicyclic) bond motifs is 2. The van der Waals surface area contributed by atoms with Crippen LogP contribution in [0, 0.1) is 6.92 Å². The zero-order valence-corrected chi connectivity index (χ0v) is 20.0. The molecule has 2 heterocycles. The van der Waals surface area contributed by atoms with E-state index >= 15 is 0 Å². The van der Waals surface area contributed by atoms with Gasteiger partial charge in [0, 0.05) is 10.7 Å². The van der Waals surface area contributed by atoms with Crippen molar-refractivity contribution >= 4 is 34.2 Å². The monoisotopic (exact) mass is 493 g/mol. The minimum absolute atomic E-state index is 0.0368. The SMILES string of the molecule is Cc1ccc(N2C(=O)c3oc4ccc(Cl)cc4c(=O)c3C2c2cccc(Oc3ccccc3)c2)cc1. The summed E-state index contributed by atoms with van der Waals surface area (Å²) in [4.78, 5) is 29.1. The normalized spacial score (nSPS) is 14.8. The molecule has 1 aromatic heterocycles. The summed E-state index contributed by atoms with van der Waals surface area (Å²) in [6.45, 7) is 1.98. The predicted molar refractivity (Wildman–Crippen MR) is 140 cm³/mol. The third-order valence-electron chi connectivity index (χ3n) is 6.30. The molecule has 1 atom stereocenters. The van der Waals surface area contributed by atoms with Crippen molar-refractivity contribution in [1.29, 1.82) is 0 Å². The Labute approximate surface area is 212 Å². The summed E-state index contributed by atoms with van der Waals surface area (Å²) in [5, 5.41) is 0.755. The van der Waals surface area contributed by atoms with Crippen molar-refractivity contribution < 1.29 is 13.9 Å². The summed E-state index contributed by atoms with van der Waals surface area (Å²) < 4.78 is 12.1. The minimum Gasteiger partial charge on any atom is -0.457 e. The fourth-order valence-electron chi connectivity index (χ4n) is 4.60. The number of hydrogen-bond acceptors (Lipinski definition) is 4. The lowest BCUT2D eigenvalue weighted by atomic mass is 9.98. The van der Waals surface area contributed by atoms with Crippen LogP contribution >= 0.6 is 11.6 Å². The number of rotatable bonds is 4. The van der Waals surface area contributed by atoms with E-state index in [9.17, 15) is 9.59 Å². The van der Waals surface area contributed by atoms with Gasteiger partial charge < -0.3 is 9.15 Å². The van der Waals surface area contributed by atoms with Gasteiger partial charge in [-0.15, -0.1) is 0 Å². The molecule has 4 aromatic carbocycles. The molecule has 176 valence electrons. The van der Waals surface area contributed by atoms with Gasteiger partial charge >= 0.3 is 0 Å². The summed E-state index contributed by atoms with van der Waals surface area (Å²) in [6.07, 6.45) is 0. The molecule has 1 aliphatic heterocycles. The minimum atomic E-state index is -0.700. The highest BCUT2D eigenvalue weighted by Gasteiger charge is 2.43. The van der Waals surface area contributed by atoms with Crippen molar-refractivity contribution in [3.05, 3.63) is 135 Å². The quantitative estimate of drug-likeness (QED) is 0.263. The fraction of sp³-hybridized carbons (Fsp3) is 0.0667. The van der Waals surface area contributed by atoms with Crippen LogP contribution in [0.3, 0.4) is 0 Å². The van der Waals surface area contributed by atoms with Crippen LogP contribution in [-0.4, -0.2) is 5.91 Å². The Bertz CT molecular complexity index is 1680. The molecule has 0 fully saturated rings. The third kappa shape index (κ3) is 3.74. The summed E-state index contributed by atoms with van der Waals surface area (Å²) in [6, 6.07) is 28.6. The maximum absolute atomic E-state index is 13.8. The highest BCUT2D eigenvalue weighted by atomic mass is 35.5. The maximum Gasteiger partial charge on any atom is 0.295 e. The first-order valence-corrected chi connectivity index (χ1v) is 11.9. The fourth-order valence-corrected chi connectivity index (χ4v) is 4.78. The van der Waals surface area contributed by atoms with Gasteiger partial charge in [-0.2, -0.15) is 0 Å². The van der Waals surface area contributed by atoms with E-state index in [0.717, 1.165) is 11.1 Å². The van der Waals surface area contributed by atoms with Crippen LogP contribution in [0.4, 0.5) is 5.69 Å². The molecule has 0 radical (unpaired) electrons. The number of hydrogen-bond donors (Lipinski definition) is 0. The van der Waals surface area contributed by atoms with E-state index in [2.05, 4.69) is 0 Å². The molecule has 1 aliphatic rings. The van der Waals surface area contributed by atoms with Crippen LogP contribution < -0.4 is 15.1 Å². The lowest BCUT2D eigenvalue weighted by Crippen LogP contribution is -2.29. The van der Waals surface area contributed by atoms with Crippen molar-refractivity contribution in [3.63, 3.8) is 0 Å². The second-order valence-corrected chi connectivity index (χ2v) is 9.15. The molecule has 0 spiro atoms. The molecule has 36 heavy (non-hydrogen) atoms. The number of anilines is 1. The summed E-state index contributed by atoms with van der Waals surface area (Å²) in [7, 11) is 0. The Kier molecular flexibility index (Phi) is 5.35. The topological polar surface area (TPSA) is 59.8 Å². The smallest absolute Gasteiger partial charge is 0.295 e. The van der Waals surface area contributed by atoms with E-state index in [0.29, 0.717) is 33.2 Å². The lowest BCUT2D eigenvalue weighted by molar-refractivity contribution is 0.0971. The zero-order valence-electron chi connectivity index (χ0n) is 19.3. The standard InChI is InChI=1S/C30H20ClNO4/c1-18-10-13-21(14-11-18)32-27(19-6-5-9-23(16-19)35-22-7-3-2-4-8-22)26-28(33)24-17-20(31)12-15-25(24)36-29(26)30(32)34/h2-17,27H,1H3. The van der Waals surface area contributed by atoms with Gasteiger partial charge in [0.2, 0.25) is 5.76 Å². The summed E-state index contributed by atoms with van der Waals surface area (Å²) >= 11 is 6.19. The first-order valence-electron chi connectivity index (χ1n) is 11.5. The number of para-hydroxylation sites is 1. The van der Waals surface area contributed by atoms with E-state index in [1.54, 1.807) is 23.1 Å². The Hall–Kier alpha value is -4.35. The molecule has 6 rings (SSSR count). The molecule has 0 bridgehead atoms. The third-order valence-corrected chi connectivity index (χ3v) is 6.53. The molecule has 0 saturated carbocycles. The Morgan fingerprint density at radius 3 is 2.36 bits per heavy atom. The van der Waals surface area contributed by atoms with Gasteiger partial charge in [0.25, 0.3) is 5.91 Å². The highest BCUT2D eigenvalue weighted by Crippen LogP contribution is 2.42. The van der Waals surface area contributed by atoms with Crippen molar-refractivity contribution in [2.24, 2.45) is 0 Å². The molecule has 1 amide bonds. The van der Waals surface area contributed by atoms with E-state index in [1.807, 2.05) is 85.8 Å². The van der Waals surface area contributed by atoms with Crippen LogP contribution in [0.2, 0.25) is 5.02 Å². The van der Waals surface area contributed by atoms with Crippen molar-refractivity contribution in [1.82, 2.24) is 0 Å². The number of amides is 1. The van der Waals surface area contributed by atoms with Crippen LogP contribution in [0.5, 0.6) is 11.5 Å². The Balaban J connectivity index is 1.55. The Morgan fingerprint density at radius 2 is 1.58 bits per heavy atom. The van der Waals surface area contributed by atoms with E-state index in [4.69, 9.17) is 20.8 Å². The van der Waals surface area contributed by atoms with Gasteiger partial charge in [-0.3, -0.25) is 14.5 Å². The van der Waals surface area contributed by atoms with Crippen molar-refractivity contribution in [2.45, 2.75) is 13.0 Å². The molecule has 0 saturated heterocycles. The number of halogens is 1. The number of nitrogens with zero attached hydrogens (tertiary/aromatic N) is 1. The number of benzene rings is 4. The molecule has 5 nitrogen and oxygen atoms in total. The highest BCUT2D eigenvalue weighted by molar-refractivity contribution is 6.31. The zero-order chi connectivity index (χ0) is 24.8. The van der Waals surface area contributed by atoms with Crippen molar-refractivity contribution in [3.8, 4) is 11.5 Å². The molecule has 1 unspecified atom stereocenters. The number of ether oxygens (including phenoxy) is 1. The molecular weight excluding hydrogens is 474 g/mol. The molecule has 6 heteroatoms. The number of aryl methyl sites for hydroxylation is 1. The van der Waals surface area contributed by atoms with E-state index in [1.165, 1.54) is 0 Å². The second kappa shape index (κ2) is 8.70. The van der Waals surface area contributed by atoms with E-state index in [-0.39, 0.29) is 22.7 Å². The first kappa shape index (κ1) is 22.1. The molecule has 0 aliphatic carbocycles. The average Bonchev–Trinajstić information content (AvgIpc) is 3.18. The average molecular weight is 494 g/mol. The van der Waals surface area contributed by atoms with E-state index < -0.39 is 6.04 Å². The number of carbonyl (C=O) groups is 1. The van der Waals surface area contributed by atoms with Gasteiger partial charge in [0.05, 0.1) is 17.0 Å². The van der Waals surface area contributed by atoms with Gasteiger partial charge in [0.15, 0.2) is 5.43 Å². The van der Waals surface area contributed by atoms with Crippen LogP contribution in [-0.2, 0) is 0 Å². The summed E-state index contributed by atoms with van der Waals surface area (Å²) in [5.41, 5.74) is 2.78. The summed E-state index contributed by atoms with van der Waals surface area (Å²) in [5.74, 6) is 0.946. The largest absolute Gasteiger partial charge is 0.457 e. The molecule has 0 N–H and O–H groups in total. The first-order chi connectivity index (χ1) is 17.5. The molecule has 5 aromatic rings. The van der Waals surface area contributed by atoms with Gasteiger partial charge in [-0.25, -0.2) is 0 Å². The lowest BCUT2D eigenvalue weighted by Gasteiger charge is -2.25. The van der Waals surface area contributed by atoms with Crippen LogP contribution in [0.15, 0.2) is 106 Å². The second-order valence-electron chi connectivity index (χ2n) is 8.72. The maximum atomic E-state index is 13.8. The van der Waals surface area contributed by atoms with Gasteiger partial charge in [-0.05, 0) is 67.1 Å². The van der Waals surface area contributed by atoms with Crippen molar-refractivity contribution in [2.75, 3.05) is 4.90 Å². The molecular formula is C30H20ClNO4. The van der Waals surface area contributed by atoms with Crippen LogP contribution in [0.1, 0.15) is 33.3 Å². The van der Waals surface area contributed by atoms with Gasteiger partial charge in [-0.1, -0.05) is 59.6 Å². The number of carbonyl (C=O) groups excluding carboxylic acids is 1. The Morgan fingerprint density at radius 1 is 0.833 bits per heavy atom. The van der Waals surface area contributed by atoms with Crippen LogP contribution in [0.25, 0.3) is 11.0 Å². The predicted octanol–water partition coefficient (Wildman–Crippen LogP) is 7.30. The van der Waals surface area contributed by atoms with Gasteiger partial charge in [0.1, 0.15) is 17.1 Å².